The maximum absolute atomic E-state index is 14.3. The molecule has 0 aliphatic carbocycles. The molecule has 0 fully saturated rings. The van der Waals surface area contributed by atoms with Crippen molar-refractivity contribution in [1.82, 2.24) is 5.16 Å². The Hall–Kier alpha value is -2.88. The highest BCUT2D eigenvalue weighted by Crippen LogP contribution is 2.37. The molecule has 1 aromatic heterocycles. The van der Waals surface area contributed by atoms with E-state index >= 15 is 0 Å². The van der Waals surface area contributed by atoms with Crippen LogP contribution in [0, 0.1) is 12.7 Å². The first-order chi connectivity index (χ1) is 13.0. The van der Waals surface area contributed by atoms with Crippen LogP contribution >= 0.6 is 0 Å². The minimum absolute atomic E-state index is 0.164. The van der Waals surface area contributed by atoms with Gasteiger partial charge in [0.2, 0.25) is 0 Å². The van der Waals surface area contributed by atoms with Crippen molar-refractivity contribution in [3.8, 4) is 28.1 Å². The van der Waals surface area contributed by atoms with Gasteiger partial charge in [-0.1, -0.05) is 23.4 Å². The first-order valence-electron chi connectivity index (χ1n) is 7.78. The minimum Gasteiger partial charge on any atom is -0.406 e. The van der Waals surface area contributed by atoms with E-state index < -0.39 is 32.7 Å². The second-order valence-corrected chi connectivity index (χ2v) is 7.94. The fourth-order valence-corrected chi connectivity index (χ4v) is 3.44. The zero-order valence-corrected chi connectivity index (χ0v) is 15.4. The van der Waals surface area contributed by atoms with Crippen molar-refractivity contribution in [1.29, 1.82) is 0 Å². The summed E-state index contributed by atoms with van der Waals surface area (Å²) >= 11 is 0. The Morgan fingerprint density at radius 3 is 2.39 bits per heavy atom. The molecule has 0 radical (unpaired) electrons. The third kappa shape index (κ3) is 4.16. The molecule has 0 amide bonds. The van der Waals surface area contributed by atoms with Crippen LogP contribution < -0.4 is 4.74 Å². The molecule has 0 unspecified atom stereocenters. The highest BCUT2D eigenvalue weighted by molar-refractivity contribution is 7.90. The average Bonchev–Trinajstić information content (AvgIpc) is 2.94. The topological polar surface area (TPSA) is 69.4 Å². The monoisotopic (exact) mass is 415 g/mol. The number of sulfone groups is 1. The van der Waals surface area contributed by atoms with E-state index in [1.54, 1.807) is 6.92 Å². The minimum atomic E-state index is -4.86. The predicted molar refractivity (Wildman–Crippen MR) is 91.9 cm³/mol. The second-order valence-electron chi connectivity index (χ2n) is 5.96. The van der Waals surface area contributed by atoms with Gasteiger partial charge in [0.15, 0.2) is 9.84 Å². The van der Waals surface area contributed by atoms with Gasteiger partial charge in [0, 0.05) is 11.8 Å². The zero-order valence-electron chi connectivity index (χ0n) is 14.5. The number of aryl methyl sites for hydroxylation is 1. The highest BCUT2D eigenvalue weighted by atomic mass is 32.2. The number of aromatic nitrogens is 1. The van der Waals surface area contributed by atoms with Crippen molar-refractivity contribution in [2.75, 3.05) is 6.26 Å². The van der Waals surface area contributed by atoms with Gasteiger partial charge in [-0.3, -0.25) is 0 Å². The Balaban J connectivity index is 2.09. The van der Waals surface area contributed by atoms with Gasteiger partial charge in [0.1, 0.15) is 27.9 Å². The first-order valence-corrected chi connectivity index (χ1v) is 9.67. The molecule has 0 spiro atoms. The quantitative estimate of drug-likeness (QED) is 0.575. The van der Waals surface area contributed by atoms with Crippen LogP contribution in [0.5, 0.6) is 5.75 Å². The maximum atomic E-state index is 14.3. The lowest BCUT2D eigenvalue weighted by Gasteiger charge is -2.10. The molecule has 10 heteroatoms. The van der Waals surface area contributed by atoms with Crippen LogP contribution in [-0.4, -0.2) is 26.2 Å². The van der Waals surface area contributed by atoms with Gasteiger partial charge in [-0.25, -0.2) is 12.8 Å². The SMILES string of the molecule is Cc1onc(-c2cccc(OC(F)(F)F)c2)c1-c1ccc(S(C)(=O)=O)c(F)c1. The van der Waals surface area contributed by atoms with E-state index in [2.05, 4.69) is 9.89 Å². The number of alkyl halides is 3. The predicted octanol–water partition coefficient (Wildman–Crippen LogP) is 4.76. The average molecular weight is 415 g/mol. The summed E-state index contributed by atoms with van der Waals surface area (Å²) in [6.45, 7) is 1.55. The van der Waals surface area contributed by atoms with Gasteiger partial charge >= 0.3 is 6.36 Å². The maximum Gasteiger partial charge on any atom is 0.573 e. The molecular formula is C18H13F4NO4S. The van der Waals surface area contributed by atoms with Gasteiger partial charge in [-0.05, 0) is 36.8 Å². The summed E-state index contributed by atoms with van der Waals surface area (Å²) in [6.07, 6.45) is -3.97. The molecular weight excluding hydrogens is 402 g/mol. The molecule has 0 aliphatic heterocycles. The number of halogens is 4. The van der Waals surface area contributed by atoms with Crippen LogP contribution in [0.1, 0.15) is 5.76 Å². The lowest BCUT2D eigenvalue weighted by atomic mass is 9.99. The lowest BCUT2D eigenvalue weighted by molar-refractivity contribution is -0.274. The number of rotatable bonds is 4. The van der Waals surface area contributed by atoms with E-state index in [1.807, 2.05) is 0 Å². The first kappa shape index (κ1) is 19.9. The van der Waals surface area contributed by atoms with E-state index in [0.717, 1.165) is 30.5 Å². The molecule has 1 heterocycles. The van der Waals surface area contributed by atoms with Gasteiger partial charge in [0.05, 0.1) is 5.56 Å². The van der Waals surface area contributed by atoms with Crippen LogP contribution in [0.15, 0.2) is 51.9 Å². The van der Waals surface area contributed by atoms with E-state index in [1.165, 1.54) is 18.2 Å². The zero-order chi connectivity index (χ0) is 20.7. The molecule has 2 aromatic carbocycles. The third-order valence-electron chi connectivity index (χ3n) is 3.82. The largest absolute Gasteiger partial charge is 0.573 e. The Morgan fingerprint density at radius 1 is 1.07 bits per heavy atom. The molecule has 0 atom stereocenters. The standard InChI is InChI=1S/C18H13F4NO4S/c1-10-16(11-6-7-15(14(19)9-11)28(2,24)25)17(23-27-10)12-4-3-5-13(8-12)26-18(20,21)22/h3-9H,1-2H3. The van der Waals surface area contributed by atoms with Crippen molar-refractivity contribution >= 4 is 9.84 Å². The van der Waals surface area contributed by atoms with Crippen molar-refractivity contribution in [2.24, 2.45) is 0 Å². The number of ether oxygens (including phenoxy) is 1. The fraction of sp³-hybridized carbons (Fsp3) is 0.167. The van der Waals surface area contributed by atoms with E-state index in [4.69, 9.17) is 4.52 Å². The van der Waals surface area contributed by atoms with Gasteiger partial charge in [0.25, 0.3) is 0 Å². The van der Waals surface area contributed by atoms with Crippen molar-refractivity contribution in [3.05, 3.63) is 54.0 Å². The summed E-state index contributed by atoms with van der Waals surface area (Å²) in [5.41, 5.74) is 1.00. The molecule has 0 saturated heterocycles. The van der Waals surface area contributed by atoms with E-state index in [0.29, 0.717) is 5.56 Å². The summed E-state index contributed by atoms with van der Waals surface area (Å²) < 4.78 is 83.8. The molecule has 0 aliphatic rings. The van der Waals surface area contributed by atoms with Gasteiger partial charge < -0.3 is 9.26 Å². The number of nitrogens with zero attached hydrogens (tertiary/aromatic N) is 1. The molecule has 148 valence electrons. The van der Waals surface area contributed by atoms with E-state index in [-0.39, 0.29) is 22.6 Å². The van der Waals surface area contributed by atoms with Crippen LogP contribution in [0.25, 0.3) is 22.4 Å². The number of benzene rings is 2. The molecule has 3 rings (SSSR count). The Kier molecular flexibility index (Phi) is 4.92. The van der Waals surface area contributed by atoms with E-state index in [9.17, 15) is 26.0 Å². The second kappa shape index (κ2) is 6.93. The molecule has 3 aromatic rings. The van der Waals surface area contributed by atoms with Crippen LogP contribution in [0.4, 0.5) is 17.6 Å². The van der Waals surface area contributed by atoms with Gasteiger partial charge in [-0.2, -0.15) is 0 Å². The normalized spacial score (nSPS) is 12.2. The summed E-state index contributed by atoms with van der Waals surface area (Å²) in [7, 11) is -3.75. The van der Waals surface area contributed by atoms with Crippen molar-refractivity contribution in [3.63, 3.8) is 0 Å². The fourth-order valence-electron chi connectivity index (χ4n) is 2.71. The van der Waals surface area contributed by atoms with Crippen LogP contribution in [-0.2, 0) is 9.84 Å². The lowest BCUT2D eigenvalue weighted by Crippen LogP contribution is -2.17. The smallest absolute Gasteiger partial charge is 0.406 e. The molecule has 0 saturated carbocycles. The molecule has 0 bridgehead atoms. The summed E-state index contributed by atoms with van der Waals surface area (Å²) in [5.74, 6) is -1.13. The molecule has 28 heavy (non-hydrogen) atoms. The molecule has 5 nitrogen and oxygen atoms in total. The summed E-state index contributed by atoms with van der Waals surface area (Å²) in [6, 6.07) is 8.58. The highest BCUT2D eigenvalue weighted by Gasteiger charge is 2.31. The van der Waals surface area contributed by atoms with Gasteiger partial charge in [-0.15, -0.1) is 13.2 Å². The number of hydrogen-bond acceptors (Lipinski definition) is 5. The Morgan fingerprint density at radius 2 is 1.79 bits per heavy atom. The van der Waals surface area contributed by atoms with Crippen LogP contribution in [0.2, 0.25) is 0 Å². The summed E-state index contributed by atoms with van der Waals surface area (Å²) in [5, 5.41) is 3.85. The molecule has 0 N–H and O–H groups in total. The summed E-state index contributed by atoms with van der Waals surface area (Å²) in [4.78, 5) is -0.465. The van der Waals surface area contributed by atoms with Crippen molar-refractivity contribution in [2.45, 2.75) is 18.2 Å². The third-order valence-corrected chi connectivity index (χ3v) is 4.95. The van der Waals surface area contributed by atoms with Crippen LogP contribution in [0.3, 0.4) is 0 Å². The number of hydrogen-bond donors (Lipinski definition) is 0. The van der Waals surface area contributed by atoms with Crippen molar-refractivity contribution < 1.29 is 35.2 Å². The Bertz CT molecular complexity index is 1140. The Labute approximate surface area is 157 Å².